The van der Waals surface area contributed by atoms with Crippen LogP contribution in [0.3, 0.4) is 0 Å². The van der Waals surface area contributed by atoms with Crippen LogP contribution in [0.5, 0.6) is 0 Å². The van der Waals surface area contributed by atoms with Crippen LogP contribution >= 0.6 is 0 Å². The third kappa shape index (κ3) is 2.74. The summed E-state index contributed by atoms with van der Waals surface area (Å²) in [5.74, 6) is -0.708. The van der Waals surface area contributed by atoms with Crippen LogP contribution in [0.15, 0.2) is 18.2 Å². The van der Waals surface area contributed by atoms with Gasteiger partial charge < -0.3 is 5.32 Å². The number of hydrogen-bond donors (Lipinski definition) is 1. The SMILES string of the molecule is CCCC1(CCC)NC(=O)C(c2ccc(C)cc2C)C1=O. The number of carbonyl (C=O) groups is 2. The highest BCUT2D eigenvalue weighted by Crippen LogP contribution is 2.36. The van der Waals surface area contributed by atoms with E-state index in [4.69, 9.17) is 0 Å². The van der Waals surface area contributed by atoms with Crippen LogP contribution < -0.4 is 5.32 Å². The predicted molar refractivity (Wildman–Crippen MR) is 84.4 cm³/mol. The molecule has 1 unspecified atom stereocenters. The van der Waals surface area contributed by atoms with E-state index in [-0.39, 0.29) is 11.7 Å². The average Bonchev–Trinajstić information content (AvgIpc) is 2.63. The Morgan fingerprint density at radius 2 is 1.71 bits per heavy atom. The van der Waals surface area contributed by atoms with Gasteiger partial charge in [-0.3, -0.25) is 9.59 Å². The van der Waals surface area contributed by atoms with Crippen molar-refractivity contribution in [2.75, 3.05) is 0 Å². The number of Topliss-reactive ketones (excluding diaryl/α,β-unsaturated/α-hetero) is 1. The Balaban J connectivity index is 2.41. The first-order valence-corrected chi connectivity index (χ1v) is 7.88. The van der Waals surface area contributed by atoms with E-state index < -0.39 is 11.5 Å². The molecule has 1 amide bonds. The van der Waals surface area contributed by atoms with E-state index in [0.717, 1.165) is 42.4 Å². The first-order valence-electron chi connectivity index (χ1n) is 7.88. The van der Waals surface area contributed by atoms with E-state index in [9.17, 15) is 9.59 Å². The first-order chi connectivity index (χ1) is 9.95. The van der Waals surface area contributed by atoms with Crippen molar-refractivity contribution in [1.82, 2.24) is 5.32 Å². The molecule has 0 bridgehead atoms. The second-order valence-electron chi connectivity index (χ2n) is 6.23. The quantitative estimate of drug-likeness (QED) is 0.843. The van der Waals surface area contributed by atoms with E-state index in [1.165, 1.54) is 0 Å². The number of carbonyl (C=O) groups excluding carboxylic acids is 2. The highest BCUT2D eigenvalue weighted by molar-refractivity contribution is 6.17. The molecule has 0 radical (unpaired) electrons. The van der Waals surface area contributed by atoms with Gasteiger partial charge in [0.15, 0.2) is 5.78 Å². The summed E-state index contributed by atoms with van der Waals surface area (Å²) in [6, 6.07) is 5.94. The standard InChI is InChI=1S/C18H25NO2/c1-5-9-18(10-6-2)16(20)15(17(21)19-18)14-8-7-12(3)11-13(14)4/h7-8,11,15H,5-6,9-10H2,1-4H3,(H,19,21). The van der Waals surface area contributed by atoms with Crippen LogP contribution in [-0.2, 0) is 9.59 Å². The summed E-state index contributed by atoms with van der Waals surface area (Å²) in [4.78, 5) is 25.4. The molecule has 1 aliphatic heterocycles. The number of hydrogen-bond acceptors (Lipinski definition) is 2. The molecule has 1 aromatic rings. The zero-order valence-corrected chi connectivity index (χ0v) is 13.5. The zero-order chi connectivity index (χ0) is 15.6. The van der Waals surface area contributed by atoms with Gasteiger partial charge >= 0.3 is 0 Å². The van der Waals surface area contributed by atoms with Gasteiger partial charge in [0.2, 0.25) is 5.91 Å². The molecule has 1 aromatic carbocycles. The molecular weight excluding hydrogens is 262 g/mol. The van der Waals surface area contributed by atoms with Crippen LogP contribution in [-0.4, -0.2) is 17.2 Å². The molecule has 1 atom stereocenters. The first kappa shape index (κ1) is 15.7. The molecular formula is C18H25NO2. The lowest BCUT2D eigenvalue weighted by Crippen LogP contribution is -2.46. The number of rotatable bonds is 5. The predicted octanol–water partition coefficient (Wildman–Crippen LogP) is 3.42. The maximum atomic E-state index is 13.0. The normalized spacial score (nSPS) is 20.7. The van der Waals surface area contributed by atoms with Gasteiger partial charge in [-0.15, -0.1) is 0 Å². The zero-order valence-electron chi connectivity index (χ0n) is 13.5. The molecule has 114 valence electrons. The smallest absolute Gasteiger partial charge is 0.235 e. The molecule has 1 saturated heterocycles. The van der Waals surface area contributed by atoms with Crippen LogP contribution in [0.1, 0.15) is 62.1 Å². The second kappa shape index (κ2) is 6.00. The molecule has 3 nitrogen and oxygen atoms in total. The fourth-order valence-corrected chi connectivity index (χ4v) is 3.55. The summed E-state index contributed by atoms with van der Waals surface area (Å²) < 4.78 is 0. The van der Waals surface area contributed by atoms with Crippen molar-refractivity contribution in [3.63, 3.8) is 0 Å². The number of ketones is 1. The van der Waals surface area contributed by atoms with Gasteiger partial charge in [0, 0.05) is 0 Å². The van der Waals surface area contributed by atoms with Crippen molar-refractivity contribution in [2.24, 2.45) is 0 Å². The average molecular weight is 287 g/mol. The largest absolute Gasteiger partial charge is 0.343 e. The molecule has 1 aliphatic rings. The molecule has 1 N–H and O–H groups in total. The molecule has 2 rings (SSSR count). The van der Waals surface area contributed by atoms with Crippen molar-refractivity contribution in [3.05, 3.63) is 34.9 Å². The summed E-state index contributed by atoms with van der Waals surface area (Å²) in [7, 11) is 0. The molecule has 0 spiro atoms. The Morgan fingerprint density at radius 1 is 1.10 bits per heavy atom. The maximum Gasteiger partial charge on any atom is 0.235 e. The Kier molecular flexibility index (Phi) is 4.50. The minimum absolute atomic E-state index is 0.0585. The van der Waals surface area contributed by atoms with Gasteiger partial charge in [0.1, 0.15) is 5.92 Å². The third-order valence-electron chi connectivity index (χ3n) is 4.45. The summed E-state index contributed by atoms with van der Waals surface area (Å²) in [5.41, 5.74) is 2.38. The molecule has 0 saturated carbocycles. The highest BCUT2D eigenvalue weighted by atomic mass is 16.2. The summed E-state index contributed by atoms with van der Waals surface area (Å²) >= 11 is 0. The Hall–Kier alpha value is -1.64. The van der Waals surface area contributed by atoms with Gasteiger partial charge in [-0.05, 0) is 37.8 Å². The Morgan fingerprint density at radius 3 is 2.24 bits per heavy atom. The number of aryl methyl sites for hydroxylation is 2. The molecule has 3 heteroatoms. The fourth-order valence-electron chi connectivity index (χ4n) is 3.55. The summed E-state index contributed by atoms with van der Waals surface area (Å²) in [6.45, 7) is 8.11. The Labute approximate surface area is 127 Å². The number of amides is 1. The molecule has 1 fully saturated rings. The van der Waals surface area contributed by atoms with Crippen molar-refractivity contribution < 1.29 is 9.59 Å². The summed E-state index contributed by atoms with van der Waals surface area (Å²) in [5, 5.41) is 3.02. The lowest BCUT2D eigenvalue weighted by atomic mass is 9.80. The van der Waals surface area contributed by atoms with Crippen LogP contribution in [0.25, 0.3) is 0 Å². The lowest BCUT2D eigenvalue weighted by molar-refractivity contribution is -0.125. The van der Waals surface area contributed by atoms with Crippen LogP contribution in [0.4, 0.5) is 0 Å². The lowest BCUT2D eigenvalue weighted by Gasteiger charge is -2.27. The summed E-state index contributed by atoms with van der Waals surface area (Å²) in [6.07, 6.45) is 3.25. The van der Waals surface area contributed by atoms with Crippen molar-refractivity contribution >= 4 is 11.7 Å². The number of benzene rings is 1. The molecule has 21 heavy (non-hydrogen) atoms. The van der Waals surface area contributed by atoms with E-state index >= 15 is 0 Å². The maximum absolute atomic E-state index is 13.0. The van der Waals surface area contributed by atoms with Crippen LogP contribution in [0.2, 0.25) is 0 Å². The monoisotopic (exact) mass is 287 g/mol. The molecule has 1 heterocycles. The van der Waals surface area contributed by atoms with E-state index in [0.29, 0.717) is 0 Å². The highest BCUT2D eigenvalue weighted by Gasteiger charge is 2.51. The van der Waals surface area contributed by atoms with Gasteiger partial charge in [0.05, 0.1) is 5.54 Å². The van der Waals surface area contributed by atoms with Crippen molar-refractivity contribution in [2.45, 2.75) is 64.8 Å². The fraction of sp³-hybridized carbons (Fsp3) is 0.556. The van der Waals surface area contributed by atoms with E-state index in [1.807, 2.05) is 32.0 Å². The molecule has 0 aromatic heterocycles. The van der Waals surface area contributed by atoms with E-state index in [2.05, 4.69) is 19.2 Å². The minimum Gasteiger partial charge on any atom is -0.343 e. The van der Waals surface area contributed by atoms with Gasteiger partial charge in [0.25, 0.3) is 0 Å². The Bertz CT molecular complexity index is 556. The molecule has 0 aliphatic carbocycles. The van der Waals surface area contributed by atoms with Gasteiger partial charge in [-0.25, -0.2) is 0 Å². The second-order valence-corrected chi connectivity index (χ2v) is 6.23. The number of nitrogens with one attached hydrogen (secondary N) is 1. The topological polar surface area (TPSA) is 46.2 Å². The van der Waals surface area contributed by atoms with E-state index in [1.54, 1.807) is 0 Å². The third-order valence-corrected chi connectivity index (χ3v) is 4.45. The van der Waals surface area contributed by atoms with Gasteiger partial charge in [-0.2, -0.15) is 0 Å². The minimum atomic E-state index is -0.650. The van der Waals surface area contributed by atoms with Crippen LogP contribution in [0, 0.1) is 13.8 Å². The van der Waals surface area contributed by atoms with Crippen molar-refractivity contribution in [1.29, 1.82) is 0 Å². The van der Waals surface area contributed by atoms with Gasteiger partial charge in [-0.1, -0.05) is 50.5 Å². The van der Waals surface area contributed by atoms with Crippen molar-refractivity contribution in [3.8, 4) is 0 Å².